The molecule has 3 aromatic carbocycles. The molecule has 3 rings (SSSR count). The molecule has 0 fully saturated rings. The van der Waals surface area contributed by atoms with Crippen molar-refractivity contribution in [2.24, 2.45) is 5.10 Å². The molecule has 29 heavy (non-hydrogen) atoms. The fourth-order valence-electron chi connectivity index (χ4n) is 2.73. The summed E-state index contributed by atoms with van der Waals surface area (Å²) in [5, 5.41) is 15.8. The molecular weight excluding hydrogens is 370 g/mol. The normalized spacial score (nSPS) is 10.7. The number of nitro groups is 1. The Labute approximate surface area is 168 Å². The SMILES string of the molecule is COc1cc(/C=N/Nc2ccccc2)cc([N+](=O)[O-])c1OCc1ccccc1C. The summed E-state index contributed by atoms with van der Waals surface area (Å²) in [5.41, 5.74) is 6.01. The van der Waals surface area contributed by atoms with Crippen LogP contribution in [0.5, 0.6) is 11.5 Å². The topological polar surface area (TPSA) is 86.0 Å². The number of aryl methyl sites for hydroxylation is 1. The largest absolute Gasteiger partial charge is 0.493 e. The van der Waals surface area contributed by atoms with Crippen LogP contribution in [0.1, 0.15) is 16.7 Å². The third-order valence-electron chi connectivity index (χ3n) is 4.29. The van der Waals surface area contributed by atoms with E-state index in [1.165, 1.54) is 19.4 Å². The average Bonchev–Trinajstić information content (AvgIpc) is 2.73. The lowest BCUT2D eigenvalue weighted by atomic mass is 10.1. The number of nitro benzene ring substituents is 1. The van der Waals surface area contributed by atoms with Gasteiger partial charge in [0.25, 0.3) is 0 Å². The minimum absolute atomic E-state index is 0.0916. The van der Waals surface area contributed by atoms with Gasteiger partial charge < -0.3 is 9.47 Å². The highest BCUT2D eigenvalue weighted by molar-refractivity contribution is 5.83. The van der Waals surface area contributed by atoms with E-state index in [9.17, 15) is 10.1 Å². The van der Waals surface area contributed by atoms with Crippen LogP contribution in [0, 0.1) is 17.0 Å². The fourth-order valence-corrected chi connectivity index (χ4v) is 2.73. The molecule has 0 aliphatic carbocycles. The quantitative estimate of drug-likeness (QED) is 0.334. The number of nitrogens with one attached hydrogen (secondary N) is 1. The first-order valence-electron chi connectivity index (χ1n) is 8.96. The second kappa shape index (κ2) is 9.36. The number of methoxy groups -OCH3 is 1. The lowest BCUT2D eigenvalue weighted by Gasteiger charge is -2.13. The van der Waals surface area contributed by atoms with E-state index in [1.807, 2.05) is 61.5 Å². The third-order valence-corrected chi connectivity index (χ3v) is 4.29. The standard InChI is InChI=1S/C22H21N3O4/c1-16-8-6-7-9-18(16)15-29-22-20(25(26)27)12-17(13-21(22)28-2)14-23-24-19-10-4-3-5-11-19/h3-14,24H,15H2,1-2H3/b23-14+. The predicted octanol–water partition coefficient (Wildman–Crippen LogP) is 4.94. The fraction of sp³-hybridized carbons (Fsp3) is 0.136. The smallest absolute Gasteiger partial charge is 0.315 e. The molecule has 0 radical (unpaired) electrons. The van der Waals surface area contributed by atoms with Crippen LogP contribution in [0.25, 0.3) is 0 Å². The van der Waals surface area contributed by atoms with Crippen LogP contribution in [0.15, 0.2) is 71.8 Å². The number of nitrogens with zero attached hydrogens (tertiary/aromatic N) is 2. The molecule has 1 N–H and O–H groups in total. The first-order chi connectivity index (χ1) is 14.1. The molecule has 0 aliphatic rings. The molecule has 7 nitrogen and oxygen atoms in total. The van der Waals surface area contributed by atoms with Gasteiger partial charge in [0, 0.05) is 11.6 Å². The Morgan fingerprint density at radius 1 is 1.10 bits per heavy atom. The van der Waals surface area contributed by atoms with Crippen LogP contribution in [0.3, 0.4) is 0 Å². The van der Waals surface area contributed by atoms with Gasteiger partial charge in [-0.05, 0) is 36.2 Å². The van der Waals surface area contributed by atoms with Crippen molar-refractivity contribution >= 4 is 17.6 Å². The number of hydrogen-bond donors (Lipinski definition) is 1. The van der Waals surface area contributed by atoms with E-state index in [4.69, 9.17) is 9.47 Å². The molecular formula is C22H21N3O4. The highest BCUT2D eigenvalue weighted by Gasteiger charge is 2.22. The third kappa shape index (κ3) is 5.10. The maximum atomic E-state index is 11.6. The number of rotatable bonds is 8. The Balaban J connectivity index is 1.85. The highest BCUT2D eigenvalue weighted by Crippen LogP contribution is 2.38. The van der Waals surface area contributed by atoms with Crippen LogP contribution < -0.4 is 14.9 Å². The lowest BCUT2D eigenvalue weighted by molar-refractivity contribution is -0.386. The van der Waals surface area contributed by atoms with Crippen LogP contribution in [0.4, 0.5) is 11.4 Å². The van der Waals surface area contributed by atoms with E-state index in [-0.39, 0.29) is 23.8 Å². The van der Waals surface area contributed by atoms with Crippen molar-refractivity contribution in [3.63, 3.8) is 0 Å². The van der Waals surface area contributed by atoms with Crippen molar-refractivity contribution in [2.45, 2.75) is 13.5 Å². The van der Waals surface area contributed by atoms with Crippen LogP contribution in [-0.4, -0.2) is 18.2 Å². The monoisotopic (exact) mass is 391 g/mol. The van der Waals surface area contributed by atoms with Gasteiger partial charge >= 0.3 is 5.69 Å². The van der Waals surface area contributed by atoms with Crippen molar-refractivity contribution in [1.82, 2.24) is 0 Å². The number of hydrazone groups is 1. The molecule has 0 spiro atoms. The summed E-state index contributed by atoms with van der Waals surface area (Å²) in [6.45, 7) is 2.16. The number of benzene rings is 3. The van der Waals surface area contributed by atoms with Crippen LogP contribution in [-0.2, 0) is 6.61 Å². The van der Waals surface area contributed by atoms with Gasteiger partial charge in [-0.2, -0.15) is 5.10 Å². The van der Waals surface area contributed by atoms with Gasteiger partial charge in [0.2, 0.25) is 5.75 Å². The molecule has 0 amide bonds. The summed E-state index contributed by atoms with van der Waals surface area (Å²) in [7, 11) is 1.45. The molecule has 0 bridgehead atoms. The molecule has 0 saturated carbocycles. The molecule has 0 atom stereocenters. The zero-order valence-corrected chi connectivity index (χ0v) is 16.2. The van der Waals surface area contributed by atoms with E-state index in [0.717, 1.165) is 16.8 Å². The molecule has 3 aromatic rings. The molecule has 0 aromatic heterocycles. The number of anilines is 1. The van der Waals surface area contributed by atoms with E-state index in [1.54, 1.807) is 6.07 Å². The number of hydrogen-bond acceptors (Lipinski definition) is 6. The Bertz CT molecular complexity index is 1020. The molecule has 148 valence electrons. The van der Waals surface area contributed by atoms with Crippen molar-refractivity contribution in [3.05, 3.63) is 93.5 Å². The van der Waals surface area contributed by atoms with Crippen LogP contribution in [0.2, 0.25) is 0 Å². The van der Waals surface area contributed by atoms with Crippen molar-refractivity contribution in [3.8, 4) is 11.5 Å². The highest BCUT2D eigenvalue weighted by atomic mass is 16.6. The average molecular weight is 391 g/mol. The Kier molecular flexibility index (Phi) is 6.42. The van der Waals surface area contributed by atoms with Crippen molar-refractivity contribution < 1.29 is 14.4 Å². The predicted molar refractivity (Wildman–Crippen MR) is 113 cm³/mol. The number of para-hydroxylation sites is 1. The summed E-state index contributed by atoms with van der Waals surface area (Å²) in [6, 6.07) is 20.2. The maximum Gasteiger partial charge on any atom is 0.315 e. The maximum absolute atomic E-state index is 11.6. The summed E-state index contributed by atoms with van der Waals surface area (Å²) >= 11 is 0. The van der Waals surface area contributed by atoms with Gasteiger partial charge in [-0.1, -0.05) is 42.5 Å². The first-order valence-corrected chi connectivity index (χ1v) is 8.96. The zero-order valence-electron chi connectivity index (χ0n) is 16.2. The second-order valence-corrected chi connectivity index (χ2v) is 6.28. The summed E-state index contributed by atoms with van der Waals surface area (Å²) < 4.78 is 11.1. The van der Waals surface area contributed by atoms with Gasteiger partial charge in [-0.15, -0.1) is 0 Å². The Morgan fingerprint density at radius 2 is 1.83 bits per heavy atom. The van der Waals surface area contributed by atoms with Gasteiger partial charge in [-0.3, -0.25) is 15.5 Å². The molecule has 0 saturated heterocycles. The van der Waals surface area contributed by atoms with E-state index in [2.05, 4.69) is 10.5 Å². The second-order valence-electron chi connectivity index (χ2n) is 6.28. The zero-order chi connectivity index (χ0) is 20.6. The van der Waals surface area contributed by atoms with E-state index in [0.29, 0.717) is 5.56 Å². The minimum Gasteiger partial charge on any atom is -0.493 e. The van der Waals surface area contributed by atoms with Gasteiger partial charge in [0.15, 0.2) is 5.75 Å². The Hall–Kier alpha value is -3.87. The van der Waals surface area contributed by atoms with Gasteiger partial charge in [0.1, 0.15) is 6.61 Å². The van der Waals surface area contributed by atoms with Gasteiger partial charge in [-0.25, -0.2) is 0 Å². The first kappa shape index (κ1) is 19.9. The number of ether oxygens (including phenoxy) is 2. The summed E-state index contributed by atoms with van der Waals surface area (Å²) in [5.74, 6) is 0.364. The summed E-state index contributed by atoms with van der Waals surface area (Å²) in [6.07, 6.45) is 1.49. The molecule has 0 unspecified atom stereocenters. The minimum atomic E-state index is -0.488. The van der Waals surface area contributed by atoms with Crippen LogP contribution >= 0.6 is 0 Å². The lowest BCUT2D eigenvalue weighted by Crippen LogP contribution is -2.04. The molecule has 7 heteroatoms. The van der Waals surface area contributed by atoms with E-state index < -0.39 is 4.92 Å². The van der Waals surface area contributed by atoms with Crippen molar-refractivity contribution in [1.29, 1.82) is 0 Å². The van der Waals surface area contributed by atoms with Gasteiger partial charge in [0.05, 0.1) is 23.9 Å². The van der Waals surface area contributed by atoms with E-state index >= 15 is 0 Å². The molecule has 0 heterocycles. The molecule has 0 aliphatic heterocycles. The van der Waals surface area contributed by atoms with Crippen molar-refractivity contribution in [2.75, 3.05) is 12.5 Å². The summed E-state index contributed by atoms with van der Waals surface area (Å²) in [4.78, 5) is 11.1. The Morgan fingerprint density at radius 3 is 2.52 bits per heavy atom.